The number of sulfonamides is 1. The molecule has 1 aliphatic rings. The summed E-state index contributed by atoms with van der Waals surface area (Å²) in [6, 6.07) is 2.17. The van der Waals surface area contributed by atoms with Gasteiger partial charge in [-0.05, 0) is 31.7 Å². The van der Waals surface area contributed by atoms with Crippen molar-refractivity contribution in [3.63, 3.8) is 0 Å². The van der Waals surface area contributed by atoms with Gasteiger partial charge in [0.05, 0.1) is 36.1 Å². The zero-order chi connectivity index (χ0) is 21.6. The summed E-state index contributed by atoms with van der Waals surface area (Å²) in [4.78, 5) is 33.9. The number of hydrogen-bond acceptors (Lipinski definition) is 8. The van der Waals surface area contributed by atoms with Crippen LogP contribution in [0.2, 0.25) is 0 Å². The molecule has 0 unspecified atom stereocenters. The van der Waals surface area contributed by atoms with Crippen LogP contribution in [0.5, 0.6) is 5.75 Å². The molecule has 29 heavy (non-hydrogen) atoms. The molecule has 0 radical (unpaired) electrons. The first-order valence-electron chi connectivity index (χ1n) is 8.92. The van der Waals surface area contributed by atoms with E-state index in [9.17, 15) is 28.1 Å². The maximum Gasteiger partial charge on any atom is 0.315 e. The molecule has 1 saturated carbocycles. The topological polar surface area (TPSA) is 154 Å². The fraction of sp³-hybridized carbons (Fsp3) is 0.529. The van der Waals surface area contributed by atoms with Gasteiger partial charge in [-0.15, -0.1) is 0 Å². The predicted molar refractivity (Wildman–Crippen MR) is 104 cm³/mol. The number of methoxy groups -OCH3 is 1. The van der Waals surface area contributed by atoms with Gasteiger partial charge >= 0.3 is 5.97 Å². The normalized spacial score (nSPS) is 14.7. The van der Waals surface area contributed by atoms with E-state index in [2.05, 4.69) is 14.8 Å². The highest BCUT2D eigenvalue weighted by atomic mass is 32.2. The number of anilines is 2. The molecule has 0 aliphatic heterocycles. The standard InChI is InChI=1S/C17H23N3O8S/c1-27-17(22)10-16(21)18-12-8-13(19-29(2,25)26)15(9-14(12)20(23)24)28-11-6-4-3-5-7-11/h8-9,11,19H,3-7,10H2,1-2H3,(H,18,21). The van der Waals surface area contributed by atoms with E-state index in [0.29, 0.717) is 0 Å². The number of benzene rings is 1. The monoisotopic (exact) mass is 429 g/mol. The lowest BCUT2D eigenvalue weighted by atomic mass is 9.98. The summed E-state index contributed by atoms with van der Waals surface area (Å²) in [5.74, 6) is -1.66. The van der Waals surface area contributed by atoms with Crippen LogP contribution in [0.3, 0.4) is 0 Å². The molecule has 12 heteroatoms. The molecule has 0 bridgehead atoms. The van der Waals surface area contributed by atoms with E-state index >= 15 is 0 Å². The van der Waals surface area contributed by atoms with Gasteiger partial charge in [0, 0.05) is 0 Å². The third-order valence-electron chi connectivity index (χ3n) is 4.24. The Morgan fingerprint density at radius 1 is 1.21 bits per heavy atom. The van der Waals surface area contributed by atoms with Crippen LogP contribution in [0.1, 0.15) is 38.5 Å². The van der Waals surface area contributed by atoms with Crippen molar-refractivity contribution < 1.29 is 32.4 Å². The Hall–Kier alpha value is -2.89. The Morgan fingerprint density at radius 2 is 1.86 bits per heavy atom. The molecule has 1 fully saturated rings. The van der Waals surface area contributed by atoms with Gasteiger partial charge in [-0.1, -0.05) is 6.42 Å². The average Bonchev–Trinajstić information content (AvgIpc) is 2.62. The summed E-state index contributed by atoms with van der Waals surface area (Å²) < 4.78 is 35.9. The molecule has 1 aromatic carbocycles. The molecular weight excluding hydrogens is 406 g/mol. The second kappa shape index (κ2) is 9.54. The van der Waals surface area contributed by atoms with Crippen molar-refractivity contribution in [2.24, 2.45) is 0 Å². The minimum atomic E-state index is -3.73. The first-order chi connectivity index (χ1) is 13.6. The lowest BCUT2D eigenvalue weighted by Crippen LogP contribution is -2.22. The highest BCUT2D eigenvalue weighted by Crippen LogP contribution is 2.38. The minimum Gasteiger partial charge on any atom is -0.488 e. The largest absolute Gasteiger partial charge is 0.488 e. The number of nitrogens with zero attached hydrogens (tertiary/aromatic N) is 1. The summed E-state index contributed by atoms with van der Waals surface area (Å²) in [6.45, 7) is 0. The van der Waals surface area contributed by atoms with Gasteiger partial charge in [0.15, 0.2) is 5.75 Å². The first-order valence-corrected chi connectivity index (χ1v) is 10.8. The predicted octanol–water partition coefficient (Wildman–Crippen LogP) is 2.18. The molecule has 11 nitrogen and oxygen atoms in total. The molecule has 1 amide bonds. The summed E-state index contributed by atoms with van der Waals surface area (Å²) >= 11 is 0. The summed E-state index contributed by atoms with van der Waals surface area (Å²) in [6.07, 6.45) is 4.56. The maximum atomic E-state index is 12.0. The molecule has 160 valence electrons. The van der Waals surface area contributed by atoms with Gasteiger partial charge in [-0.2, -0.15) is 0 Å². The highest BCUT2D eigenvalue weighted by Gasteiger charge is 2.25. The van der Waals surface area contributed by atoms with E-state index < -0.39 is 38.9 Å². The second-order valence-electron chi connectivity index (χ2n) is 6.68. The number of nitro benzene ring substituents is 1. The zero-order valence-corrected chi connectivity index (χ0v) is 16.9. The number of hydrogen-bond donors (Lipinski definition) is 2. The van der Waals surface area contributed by atoms with Crippen molar-refractivity contribution in [3.05, 3.63) is 22.2 Å². The van der Waals surface area contributed by atoms with Crippen molar-refractivity contribution in [2.45, 2.75) is 44.6 Å². The molecule has 0 atom stereocenters. The fourth-order valence-corrected chi connectivity index (χ4v) is 3.52. The number of carbonyl (C=O) groups excluding carboxylic acids is 2. The van der Waals surface area contributed by atoms with Gasteiger partial charge in [0.25, 0.3) is 5.69 Å². The number of ether oxygens (including phenoxy) is 2. The van der Waals surface area contributed by atoms with Crippen molar-refractivity contribution in [1.82, 2.24) is 0 Å². The van der Waals surface area contributed by atoms with Gasteiger partial charge in [0.1, 0.15) is 12.1 Å². The van der Waals surface area contributed by atoms with Crippen LogP contribution >= 0.6 is 0 Å². The molecule has 2 N–H and O–H groups in total. The van der Waals surface area contributed by atoms with E-state index in [4.69, 9.17) is 4.74 Å². The molecule has 0 aromatic heterocycles. The van der Waals surface area contributed by atoms with Crippen LogP contribution < -0.4 is 14.8 Å². The molecule has 0 saturated heterocycles. The maximum absolute atomic E-state index is 12.0. The number of rotatable bonds is 8. The average molecular weight is 429 g/mol. The number of nitrogens with one attached hydrogen (secondary N) is 2. The van der Waals surface area contributed by atoms with E-state index in [1.165, 1.54) is 0 Å². The molecule has 0 heterocycles. The van der Waals surface area contributed by atoms with Gasteiger partial charge < -0.3 is 14.8 Å². The lowest BCUT2D eigenvalue weighted by molar-refractivity contribution is -0.384. The zero-order valence-electron chi connectivity index (χ0n) is 16.1. The van der Waals surface area contributed by atoms with Gasteiger partial charge in [0.2, 0.25) is 15.9 Å². The van der Waals surface area contributed by atoms with Crippen LogP contribution in [-0.2, 0) is 24.3 Å². The van der Waals surface area contributed by atoms with Crippen LogP contribution in [0.15, 0.2) is 12.1 Å². The molecule has 1 aliphatic carbocycles. The number of esters is 1. The van der Waals surface area contributed by atoms with Crippen LogP contribution in [0.4, 0.5) is 17.1 Å². The Kier molecular flexibility index (Phi) is 7.37. The highest BCUT2D eigenvalue weighted by molar-refractivity contribution is 7.92. The van der Waals surface area contributed by atoms with Crippen molar-refractivity contribution in [3.8, 4) is 5.75 Å². The smallest absolute Gasteiger partial charge is 0.315 e. The molecule has 2 rings (SSSR count). The van der Waals surface area contributed by atoms with Crippen LogP contribution in [0.25, 0.3) is 0 Å². The Labute approximate surface area is 168 Å². The van der Waals surface area contributed by atoms with Crippen molar-refractivity contribution in [2.75, 3.05) is 23.4 Å². The van der Waals surface area contributed by atoms with E-state index in [0.717, 1.165) is 57.6 Å². The second-order valence-corrected chi connectivity index (χ2v) is 8.42. The van der Waals surface area contributed by atoms with E-state index in [-0.39, 0.29) is 23.2 Å². The fourth-order valence-electron chi connectivity index (χ4n) is 2.96. The van der Waals surface area contributed by atoms with E-state index in [1.807, 2.05) is 0 Å². The molecular formula is C17H23N3O8S. The van der Waals surface area contributed by atoms with Crippen molar-refractivity contribution in [1.29, 1.82) is 0 Å². The Bertz CT molecular complexity index is 894. The Morgan fingerprint density at radius 3 is 2.41 bits per heavy atom. The van der Waals surface area contributed by atoms with Gasteiger partial charge in [-0.25, -0.2) is 8.42 Å². The Balaban J connectivity index is 2.41. The third kappa shape index (κ3) is 6.89. The summed E-state index contributed by atoms with van der Waals surface area (Å²) in [5, 5.41) is 13.7. The number of amides is 1. The molecule has 0 spiro atoms. The van der Waals surface area contributed by atoms with Gasteiger partial charge in [-0.3, -0.25) is 24.4 Å². The SMILES string of the molecule is COC(=O)CC(=O)Nc1cc(NS(C)(=O)=O)c(OC2CCCCC2)cc1[N+](=O)[O-]. The lowest BCUT2D eigenvalue weighted by Gasteiger charge is -2.24. The minimum absolute atomic E-state index is 0.00000751. The quantitative estimate of drug-likeness (QED) is 0.276. The number of nitro groups is 1. The van der Waals surface area contributed by atoms with Crippen LogP contribution in [-0.4, -0.2) is 44.7 Å². The molecule has 1 aromatic rings. The van der Waals surface area contributed by atoms with Crippen LogP contribution in [0, 0.1) is 10.1 Å². The summed E-state index contributed by atoms with van der Waals surface area (Å²) in [7, 11) is -2.63. The van der Waals surface area contributed by atoms with E-state index in [1.54, 1.807) is 0 Å². The summed E-state index contributed by atoms with van der Waals surface area (Å²) in [5.41, 5.74) is -0.809. The first kappa shape index (κ1) is 22.4. The van der Waals surface area contributed by atoms with Crippen molar-refractivity contribution >= 4 is 39.0 Å². The third-order valence-corrected chi connectivity index (χ3v) is 4.83. The number of carbonyl (C=O) groups is 2.